The number of benzene rings is 1. The molecule has 2 atom stereocenters. The van der Waals surface area contributed by atoms with Gasteiger partial charge >= 0.3 is 0 Å². The van der Waals surface area contributed by atoms with E-state index in [-0.39, 0.29) is 29.1 Å². The molecule has 1 saturated heterocycles. The highest BCUT2D eigenvalue weighted by Crippen LogP contribution is 2.20. The van der Waals surface area contributed by atoms with Crippen LogP contribution in [0.25, 0.3) is 0 Å². The summed E-state index contributed by atoms with van der Waals surface area (Å²) < 4.78 is 27.0. The summed E-state index contributed by atoms with van der Waals surface area (Å²) in [4.78, 5) is 11.8. The predicted molar refractivity (Wildman–Crippen MR) is 67.6 cm³/mol. The third-order valence-electron chi connectivity index (χ3n) is 3.06. The normalized spacial score (nSPS) is 22.5. The summed E-state index contributed by atoms with van der Waals surface area (Å²) in [7, 11) is 0. The van der Waals surface area contributed by atoms with Crippen molar-refractivity contribution >= 4 is 17.5 Å². The number of rotatable bonds is 3. The number of halogens is 3. The van der Waals surface area contributed by atoms with Crippen molar-refractivity contribution in [3.63, 3.8) is 0 Å². The zero-order valence-electron chi connectivity index (χ0n) is 10.1. The van der Waals surface area contributed by atoms with Gasteiger partial charge in [0.2, 0.25) is 5.91 Å². The van der Waals surface area contributed by atoms with Gasteiger partial charge in [0.15, 0.2) is 0 Å². The Morgan fingerprint density at radius 3 is 2.89 bits per heavy atom. The van der Waals surface area contributed by atoms with Gasteiger partial charge in [-0.15, -0.1) is 0 Å². The molecule has 1 aromatic carbocycles. The summed E-state index contributed by atoms with van der Waals surface area (Å²) in [6, 6.07) is 1.71. The van der Waals surface area contributed by atoms with Gasteiger partial charge in [-0.3, -0.25) is 4.79 Å². The Morgan fingerprint density at radius 2 is 2.26 bits per heavy atom. The van der Waals surface area contributed by atoms with Crippen molar-refractivity contribution in [3.8, 4) is 0 Å². The molecule has 1 aromatic rings. The number of carbonyl (C=O) groups is 1. The third-order valence-corrected chi connectivity index (χ3v) is 3.35. The lowest BCUT2D eigenvalue weighted by Crippen LogP contribution is -2.40. The summed E-state index contributed by atoms with van der Waals surface area (Å²) >= 11 is 5.56. The Hall–Kier alpha value is -1.24. The van der Waals surface area contributed by atoms with E-state index in [1.54, 1.807) is 0 Å². The largest absolute Gasteiger partial charge is 0.350 e. The van der Waals surface area contributed by atoms with Crippen LogP contribution in [0.3, 0.4) is 0 Å². The van der Waals surface area contributed by atoms with Crippen molar-refractivity contribution in [2.24, 2.45) is 5.73 Å². The number of hydrogen-bond acceptors (Lipinski definition) is 3. The van der Waals surface area contributed by atoms with Gasteiger partial charge in [-0.1, -0.05) is 11.6 Å². The van der Waals surface area contributed by atoms with Gasteiger partial charge in [-0.2, -0.15) is 0 Å². The lowest BCUT2D eigenvalue weighted by molar-refractivity contribution is -0.123. The predicted octanol–water partition coefficient (Wildman–Crippen LogP) is 0.924. The van der Waals surface area contributed by atoms with Crippen LogP contribution in [0.4, 0.5) is 8.78 Å². The Morgan fingerprint density at radius 1 is 1.53 bits per heavy atom. The average Bonchev–Trinajstić information content (AvgIpc) is 2.80. The molecule has 0 saturated carbocycles. The summed E-state index contributed by atoms with van der Waals surface area (Å²) in [6.45, 7) is 0.308. The van der Waals surface area contributed by atoms with Crippen LogP contribution in [0.5, 0.6) is 0 Å². The Bertz CT molecular complexity index is 498. The molecule has 1 amide bonds. The molecular weight excluding hydrogens is 276 g/mol. The molecule has 1 fully saturated rings. The minimum Gasteiger partial charge on any atom is -0.350 e. The van der Waals surface area contributed by atoms with Crippen LogP contribution in [0.1, 0.15) is 12.0 Å². The van der Waals surface area contributed by atoms with E-state index in [0.29, 0.717) is 13.0 Å². The maximum Gasteiger partial charge on any atom is 0.237 e. The summed E-state index contributed by atoms with van der Waals surface area (Å²) in [5.41, 5.74) is 5.41. The van der Waals surface area contributed by atoms with Gasteiger partial charge in [-0.05, 0) is 18.6 Å². The van der Waals surface area contributed by atoms with Crippen molar-refractivity contribution in [3.05, 3.63) is 34.4 Å². The second-order valence-electron chi connectivity index (χ2n) is 4.50. The van der Waals surface area contributed by atoms with Gasteiger partial charge in [-0.25, -0.2) is 8.78 Å². The van der Waals surface area contributed by atoms with Gasteiger partial charge in [0.25, 0.3) is 0 Å². The van der Waals surface area contributed by atoms with Crippen LogP contribution in [0.15, 0.2) is 12.1 Å². The van der Waals surface area contributed by atoms with Crippen LogP contribution in [0.2, 0.25) is 5.02 Å². The highest BCUT2D eigenvalue weighted by atomic mass is 35.5. The molecule has 1 heterocycles. The SMILES string of the molecule is N[C@@H]1CN[C@H](C(=O)NCc2c(F)ccc(Cl)c2F)C1. The molecule has 0 aromatic heterocycles. The zero-order chi connectivity index (χ0) is 14.0. The van der Waals surface area contributed by atoms with Gasteiger partial charge in [0.05, 0.1) is 11.1 Å². The van der Waals surface area contributed by atoms with E-state index in [4.69, 9.17) is 17.3 Å². The first-order chi connectivity index (χ1) is 8.99. The standard InChI is InChI=1S/C12H14ClF2N3O/c13-8-1-2-9(14)7(11(8)15)5-18-12(19)10-3-6(16)4-17-10/h1-2,6,10,17H,3-5,16H2,(H,18,19)/t6-,10-/m0/s1. The fraction of sp³-hybridized carbons (Fsp3) is 0.417. The first-order valence-corrected chi connectivity index (χ1v) is 6.26. The van der Waals surface area contributed by atoms with Crippen LogP contribution < -0.4 is 16.4 Å². The third kappa shape index (κ3) is 3.20. The van der Waals surface area contributed by atoms with E-state index in [2.05, 4.69) is 10.6 Å². The summed E-state index contributed by atoms with van der Waals surface area (Å²) in [5, 5.41) is 5.23. The lowest BCUT2D eigenvalue weighted by Gasteiger charge is -2.12. The van der Waals surface area contributed by atoms with Crippen molar-refractivity contribution in [2.45, 2.75) is 25.0 Å². The molecule has 0 bridgehead atoms. The van der Waals surface area contributed by atoms with Crippen molar-refractivity contribution in [2.75, 3.05) is 6.54 Å². The average molecular weight is 290 g/mol. The second kappa shape index (κ2) is 5.81. The fourth-order valence-corrected chi connectivity index (χ4v) is 2.17. The molecular formula is C12H14ClF2N3O. The van der Waals surface area contributed by atoms with Crippen molar-refractivity contribution in [1.29, 1.82) is 0 Å². The maximum atomic E-state index is 13.6. The highest BCUT2D eigenvalue weighted by Gasteiger charge is 2.27. The smallest absolute Gasteiger partial charge is 0.237 e. The van der Waals surface area contributed by atoms with Crippen LogP contribution in [-0.4, -0.2) is 24.5 Å². The molecule has 0 unspecified atom stereocenters. The number of nitrogens with two attached hydrogens (primary N) is 1. The first kappa shape index (κ1) is 14.2. The molecule has 2 rings (SSSR count). The van der Waals surface area contributed by atoms with E-state index >= 15 is 0 Å². The van der Waals surface area contributed by atoms with E-state index in [1.165, 1.54) is 0 Å². The van der Waals surface area contributed by atoms with Gasteiger partial charge in [0.1, 0.15) is 11.6 Å². The zero-order valence-corrected chi connectivity index (χ0v) is 10.8. The van der Waals surface area contributed by atoms with Crippen molar-refractivity contribution < 1.29 is 13.6 Å². The number of amides is 1. The summed E-state index contributed by atoms with van der Waals surface area (Å²) in [5.74, 6) is -1.91. The molecule has 1 aliphatic heterocycles. The van der Waals surface area contributed by atoms with Crippen LogP contribution in [-0.2, 0) is 11.3 Å². The van der Waals surface area contributed by atoms with Crippen LogP contribution in [0, 0.1) is 11.6 Å². The molecule has 4 N–H and O–H groups in total. The molecule has 104 valence electrons. The topological polar surface area (TPSA) is 67.1 Å². The lowest BCUT2D eigenvalue weighted by atomic mass is 10.1. The monoisotopic (exact) mass is 289 g/mol. The minimum atomic E-state index is -0.849. The molecule has 7 heteroatoms. The minimum absolute atomic E-state index is 0.0737. The molecule has 1 aliphatic rings. The number of carbonyl (C=O) groups excluding carboxylic acids is 1. The van der Waals surface area contributed by atoms with E-state index in [1.807, 2.05) is 0 Å². The van der Waals surface area contributed by atoms with Crippen molar-refractivity contribution in [1.82, 2.24) is 10.6 Å². The number of nitrogens with one attached hydrogen (secondary N) is 2. The maximum absolute atomic E-state index is 13.6. The second-order valence-corrected chi connectivity index (χ2v) is 4.90. The van der Waals surface area contributed by atoms with Gasteiger partial charge in [0, 0.05) is 24.7 Å². The molecule has 4 nitrogen and oxygen atoms in total. The summed E-state index contributed by atoms with van der Waals surface area (Å²) in [6.07, 6.45) is 0.506. The molecule has 0 spiro atoms. The quantitative estimate of drug-likeness (QED) is 0.725. The Balaban J connectivity index is 1.99. The molecule has 0 radical (unpaired) electrons. The van der Waals surface area contributed by atoms with E-state index in [0.717, 1.165) is 12.1 Å². The van der Waals surface area contributed by atoms with E-state index < -0.39 is 17.7 Å². The Labute approximate surface area is 114 Å². The van der Waals surface area contributed by atoms with Crippen LogP contribution >= 0.6 is 11.6 Å². The number of hydrogen-bond donors (Lipinski definition) is 3. The fourth-order valence-electron chi connectivity index (χ4n) is 1.99. The van der Waals surface area contributed by atoms with E-state index in [9.17, 15) is 13.6 Å². The highest BCUT2D eigenvalue weighted by molar-refractivity contribution is 6.30. The Kier molecular flexibility index (Phi) is 4.34. The first-order valence-electron chi connectivity index (χ1n) is 5.88. The molecule has 0 aliphatic carbocycles. The molecule has 19 heavy (non-hydrogen) atoms. The van der Waals surface area contributed by atoms with Gasteiger partial charge < -0.3 is 16.4 Å².